The van der Waals surface area contributed by atoms with Gasteiger partial charge in [-0.05, 0) is 19.0 Å². The molecule has 114 valence electrons. The number of nitrogens with one attached hydrogen (secondary N) is 1. The average Bonchev–Trinajstić information content (AvgIpc) is 2.38. The van der Waals surface area contributed by atoms with Crippen molar-refractivity contribution in [1.82, 2.24) is 4.90 Å². The van der Waals surface area contributed by atoms with Crippen molar-refractivity contribution in [1.29, 1.82) is 0 Å². The van der Waals surface area contributed by atoms with Crippen molar-refractivity contribution in [3.8, 4) is 0 Å². The molecule has 5 heteroatoms. The number of likely N-dealkylation sites (N-methyl/N-ethyl adjacent to an activating group) is 1. The highest BCUT2D eigenvalue weighted by Gasteiger charge is 2.29. The lowest BCUT2D eigenvalue weighted by molar-refractivity contribution is 0.121. The Kier molecular flexibility index (Phi) is 5.89. The van der Waals surface area contributed by atoms with Gasteiger partial charge in [0.15, 0.2) is 0 Å². The van der Waals surface area contributed by atoms with Crippen molar-refractivity contribution in [2.45, 2.75) is 33.1 Å². The molecule has 1 rings (SSSR count). The molecule has 0 aromatic heterocycles. The van der Waals surface area contributed by atoms with Crippen molar-refractivity contribution in [3.63, 3.8) is 0 Å². The maximum Gasteiger partial charge on any atom is 0.249 e. The van der Waals surface area contributed by atoms with Gasteiger partial charge in [0.2, 0.25) is 10.9 Å². The smallest absolute Gasteiger partial charge is 0.249 e. The molecule has 0 heterocycles. The van der Waals surface area contributed by atoms with E-state index in [4.69, 9.17) is 4.74 Å². The molecule has 0 atom stereocenters. The first-order chi connectivity index (χ1) is 9.29. The Hall–Kier alpha value is -1.20. The van der Waals surface area contributed by atoms with E-state index in [0.29, 0.717) is 31.0 Å². The summed E-state index contributed by atoms with van der Waals surface area (Å²) >= 11 is 0. The molecule has 0 aliphatic rings. The first-order valence-corrected chi connectivity index (χ1v) is 7.13. The zero-order valence-electron chi connectivity index (χ0n) is 13.2. The third-order valence-corrected chi connectivity index (χ3v) is 3.37. The molecule has 0 spiro atoms. The molecule has 0 unspecified atom stereocenters. The van der Waals surface area contributed by atoms with Crippen LogP contribution in [-0.4, -0.2) is 44.8 Å². The van der Waals surface area contributed by atoms with E-state index in [1.165, 1.54) is 0 Å². The molecule has 0 aliphatic heterocycles. The van der Waals surface area contributed by atoms with Crippen molar-refractivity contribution in [2.75, 3.05) is 45.2 Å². The van der Waals surface area contributed by atoms with E-state index in [-0.39, 0.29) is 10.8 Å². The van der Waals surface area contributed by atoms with Crippen LogP contribution in [0, 0.1) is 0 Å². The van der Waals surface area contributed by atoms with Crippen LogP contribution in [0.4, 0.5) is 5.69 Å². The maximum atomic E-state index is 11.6. The Labute approximate surface area is 120 Å². The monoisotopic (exact) mass is 282 g/mol. The molecule has 0 saturated carbocycles. The van der Waals surface area contributed by atoms with Gasteiger partial charge in [-0.15, -0.1) is 0 Å². The quantitative estimate of drug-likeness (QED) is 0.568. The second-order valence-electron chi connectivity index (χ2n) is 6.09. The van der Waals surface area contributed by atoms with E-state index in [9.17, 15) is 9.59 Å². The fourth-order valence-corrected chi connectivity index (χ4v) is 2.00. The van der Waals surface area contributed by atoms with E-state index in [1.807, 2.05) is 27.8 Å². The Bertz CT molecular complexity index is 496. The van der Waals surface area contributed by atoms with Gasteiger partial charge in [-0.25, -0.2) is 0 Å². The van der Waals surface area contributed by atoms with Crippen LogP contribution in [-0.2, 0) is 10.2 Å². The predicted molar refractivity (Wildman–Crippen MR) is 82.5 cm³/mol. The molecule has 0 aliphatic carbocycles. The van der Waals surface area contributed by atoms with Crippen LogP contribution in [0.3, 0.4) is 0 Å². The topological polar surface area (TPSA) is 58.6 Å². The van der Waals surface area contributed by atoms with Crippen LogP contribution >= 0.6 is 0 Å². The molecule has 0 radical (unpaired) electrons. The number of hydrogen-bond acceptors (Lipinski definition) is 5. The molecule has 20 heavy (non-hydrogen) atoms. The van der Waals surface area contributed by atoms with E-state index >= 15 is 0 Å². The lowest BCUT2D eigenvalue weighted by atomic mass is 9.82. The summed E-state index contributed by atoms with van der Waals surface area (Å²) in [7, 11) is 2.04. The summed E-state index contributed by atoms with van der Waals surface area (Å²) in [5.74, 6) is 0. The van der Waals surface area contributed by atoms with E-state index in [0.717, 1.165) is 13.1 Å². The van der Waals surface area contributed by atoms with E-state index in [2.05, 4.69) is 17.1 Å². The minimum Gasteiger partial charge on any atom is -0.379 e. The summed E-state index contributed by atoms with van der Waals surface area (Å²) < 4.78 is 5.49. The lowest BCUT2D eigenvalue weighted by Gasteiger charge is -2.24. The number of ether oxygens (including phenoxy) is 1. The summed E-state index contributed by atoms with van der Waals surface area (Å²) in [6.07, 6.45) is 0. The normalized spacial score (nSPS) is 12.3. The van der Waals surface area contributed by atoms with E-state index < -0.39 is 5.43 Å². The SMILES string of the molecule is CCN(C)CCOCCNc1c(C(C)(C)C)c(=O)c1=O. The van der Waals surface area contributed by atoms with Gasteiger partial charge in [0.25, 0.3) is 0 Å². The summed E-state index contributed by atoms with van der Waals surface area (Å²) in [5.41, 5.74) is 0.0222. The second kappa shape index (κ2) is 6.99. The lowest BCUT2D eigenvalue weighted by Crippen LogP contribution is -2.43. The van der Waals surface area contributed by atoms with Crippen molar-refractivity contribution in [3.05, 3.63) is 26.0 Å². The van der Waals surface area contributed by atoms with Gasteiger partial charge in [-0.3, -0.25) is 9.59 Å². The standard InChI is InChI=1S/C15H26N2O3/c1-6-17(5)8-10-20-9-7-16-12-11(15(2,3)4)13(18)14(12)19/h16H,6-10H2,1-5H3. The van der Waals surface area contributed by atoms with Gasteiger partial charge in [-0.1, -0.05) is 27.7 Å². The zero-order valence-corrected chi connectivity index (χ0v) is 13.2. The van der Waals surface area contributed by atoms with Gasteiger partial charge in [0.05, 0.1) is 18.9 Å². The van der Waals surface area contributed by atoms with Crippen LogP contribution in [0.5, 0.6) is 0 Å². The summed E-state index contributed by atoms with van der Waals surface area (Å²) in [6, 6.07) is 0. The fraction of sp³-hybridized carbons (Fsp3) is 0.733. The minimum atomic E-state index is -0.402. The Morgan fingerprint density at radius 1 is 1.15 bits per heavy atom. The Morgan fingerprint density at radius 2 is 1.80 bits per heavy atom. The molecular formula is C15H26N2O3. The van der Waals surface area contributed by atoms with Gasteiger partial charge in [0, 0.05) is 18.7 Å². The van der Waals surface area contributed by atoms with Crippen molar-refractivity contribution in [2.24, 2.45) is 0 Å². The van der Waals surface area contributed by atoms with Gasteiger partial charge < -0.3 is 15.0 Å². The molecule has 0 bridgehead atoms. The number of anilines is 1. The molecule has 1 N–H and O–H groups in total. The minimum absolute atomic E-state index is 0.294. The Morgan fingerprint density at radius 3 is 2.35 bits per heavy atom. The van der Waals surface area contributed by atoms with Gasteiger partial charge >= 0.3 is 0 Å². The molecule has 0 amide bonds. The number of rotatable bonds is 8. The summed E-state index contributed by atoms with van der Waals surface area (Å²) in [5, 5.41) is 3.03. The number of hydrogen-bond donors (Lipinski definition) is 1. The Balaban J connectivity index is 2.36. The van der Waals surface area contributed by atoms with Crippen LogP contribution in [0.1, 0.15) is 33.3 Å². The molecule has 0 fully saturated rings. The van der Waals surface area contributed by atoms with Gasteiger partial charge in [0.1, 0.15) is 0 Å². The average molecular weight is 282 g/mol. The third-order valence-electron chi connectivity index (χ3n) is 3.37. The number of nitrogens with zero attached hydrogens (tertiary/aromatic N) is 1. The highest BCUT2D eigenvalue weighted by Crippen LogP contribution is 2.25. The molecule has 0 saturated heterocycles. The van der Waals surface area contributed by atoms with Gasteiger partial charge in [-0.2, -0.15) is 0 Å². The van der Waals surface area contributed by atoms with Crippen LogP contribution in [0.2, 0.25) is 0 Å². The first-order valence-electron chi connectivity index (χ1n) is 7.13. The molecular weight excluding hydrogens is 256 g/mol. The molecule has 1 aromatic rings. The highest BCUT2D eigenvalue weighted by molar-refractivity contribution is 5.59. The fourth-order valence-electron chi connectivity index (χ4n) is 2.00. The maximum absolute atomic E-state index is 11.6. The van der Waals surface area contributed by atoms with Crippen LogP contribution in [0.25, 0.3) is 0 Å². The van der Waals surface area contributed by atoms with Crippen LogP contribution < -0.4 is 16.2 Å². The van der Waals surface area contributed by atoms with E-state index in [1.54, 1.807) is 0 Å². The summed E-state index contributed by atoms with van der Waals surface area (Å²) in [4.78, 5) is 25.3. The highest BCUT2D eigenvalue weighted by atomic mass is 16.5. The summed E-state index contributed by atoms with van der Waals surface area (Å²) in [6.45, 7) is 11.5. The predicted octanol–water partition coefficient (Wildman–Crippen LogP) is 0.960. The largest absolute Gasteiger partial charge is 0.379 e. The first kappa shape index (κ1) is 16.9. The van der Waals surface area contributed by atoms with Crippen LogP contribution in [0.15, 0.2) is 9.59 Å². The van der Waals surface area contributed by atoms with Crippen molar-refractivity contribution >= 4 is 5.69 Å². The third kappa shape index (κ3) is 4.15. The zero-order chi connectivity index (χ0) is 15.3. The van der Waals surface area contributed by atoms with Crippen molar-refractivity contribution < 1.29 is 4.74 Å². The molecule has 1 aromatic carbocycles. The molecule has 5 nitrogen and oxygen atoms in total. The second-order valence-corrected chi connectivity index (χ2v) is 6.09.